The van der Waals surface area contributed by atoms with Crippen molar-refractivity contribution in [1.29, 1.82) is 0 Å². The maximum Gasteiger partial charge on any atom is 0.222 e. The molecule has 176 valence electrons. The number of imidazole rings is 1. The predicted octanol–water partition coefficient (Wildman–Crippen LogP) is 3.06. The molecule has 1 saturated carbocycles. The van der Waals surface area contributed by atoms with E-state index in [0.29, 0.717) is 6.42 Å². The van der Waals surface area contributed by atoms with E-state index in [-0.39, 0.29) is 29.4 Å². The Bertz CT molecular complexity index is 1030. The Hall–Kier alpha value is -2.64. The molecule has 5 rings (SSSR count). The van der Waals surface area contributed by atoms with Gasteiger partial charge in [-0.05, 0) is 49.3 Å². The van der Waals surface area contributed by atoms with Gasteiger partial charge >= 0.3 is 0 Å². The number of allylic oxidation sites excluding steroid dienone is 5. The summed E-state index contributed by atoms with van der Waals surface area (Å²) in [5.41, 5.74) is 8.04. The van der Waals surface area contributed by atoms with Crippen LogP contribution in [0, 0.1) is 11.3 Å². The summed E-state index contributed by atoms with van der Waals surface area (Å²) >= 11 is 0. The number of likely N-dealkylation sites (tertiary alicyclic amines) is 1. The molecule has 0 radical (unpaired) electrons. The molecule has 4 heterocycles. The lowest BCUT2D eigenvalue weighted by Crippen LogP contribution is -2.60. The average Bonchev–Trinajstić information content (AvgIpc) is 3.52. The molecule has 1 aromatic heterocycles. The molecule has 1 aromatic rings. The first-order chi connectivity index (χ1) is 15.9. The number of carbonyl (C=O) groups is 1. The van der Waals surface area contributed by atoms with Crippen LogP contribution < -0.4 is 5.43 Å². The first-order valence-electron chi connectivity index (χ1n) is 12.1. The fourth-order valence-electron chi connectivity index (χ4n) is 6.32. The number of aromatic nitrogens is 2. The Labute approximate surface area is 196 Å². The van der Waals surface area contributed by atoms with Gasteiger partial charge in [-0.1, -0.05) is 24.8 Å². The third-order valence-electron chi connectivity index (χ3n) is 8.30. The van der Waals surface area contributed by atoms with Gasteiger partial charge in [0.1, 0.15) is 0 Å². The largest absolute Gasteiger partial charge is 0.392 e. The number of hydrogen-bond donors (Lipinski definition) is 2. The average molecular weight is 450 g/mol. The zero-order chi connectivity index (χ0) is 23.2. The Balaban J connectivity index is 1.20. The van der Waals surface area contributed by atoms with Crippen molar-refractivity contribution >= 4 is 11.5 Å². The van der Waals surface area contributed by atoms with Crippen LogP contribution in [0.4, 0.5) is 0 Å². The number of hydrazine groups is 1. The van der Waals surface area contributed by atoms with Crippen molar-refractivity contribution < 1.29 is 9.90 Å². The Morgan fingerprint density at radius 3 is 2.85 bits per heavy atom. The summed E-state index contributed by atoms with van der Waals surface area (Å²) in [5.74, 6) is 0.404. The molecule has 0 bridgehead atoms. The number of carbonyl (C=O) groups excluding carboxylic acids is 1. The topological polar surface area (TPSA) is 73.6 Å². The van der Waals surface area contributed by atoms with Crippen molar-refractivity contribution in [3.05, 3.63) is 60.4 Å². The highest BCUT2D eigenvalue weighted by Gasteiger charge is 2.58. The van der Waals surface area contributed by atoms with Gasteiger partial charge in [0, 0.05) is 50.6 Å². The maximum absolute atomic E-state index is 12.8. The highest BCUT2D eigenvalue weighted by atomic mass is 16.3. The fraction of sp³-hybridized carbons (Fsp3) is 0.538. The second-order valence-electron chi connectivity index (χ2n) is 10.1. The lowest BCUT2D eigenvalue weighted by Gasteiger charge is -2.58. The summed E-state index contributed by atoms with van der Waals surface area (Å²) in [6.07, 6.45) is 15.6. The Morgan fingerprint density at radius 2 is 2.18 bits per heavy atom. The number of piperidine rings is 1. The Morgan fingerprint density at radius 1 is 1.39 bits per heavy atom. The van der Waals surface area contributed by atoms with E-state index in [2.05, 4.69) is 40.8 Å². The molecule has 2 fully saturated rings. The van der Waals surface area contributed by atoms with Crippen molar-refractivity contribution in [3.8, 4) is 0 Å². The highest BCUT2D eigenvalue weighted by Crippen LogP contribution is 2.59. The third kappa shape index (κ3) is 3.77. The molecular formula is C26H35N5O2. The standard InChI is InChI=1S/C26H35N5O2/c1-4-5-6-20-18(2)22-15-27-17-31(22)24(20)21-13-26(25(21)33)9-11-30(12-10-26)23(32)8-7-19-14-28-29(3)16-19/h4-6,15-17,21,24-25,28,33H,1,7-14H2,2-3H3/b6-5-. The molecule has 3 aliphatic heterocycles. The molecule has 7 heteroatoms. The number of amides is 1. The fourth-order valence-corrected chi connectivity index (χ4v) is 6.32. The summed E-state index contributed by atoms with van der Waals surface area (Å²) < 4.78 is 2.22. The zero-order valence-corrected chi connectivity index (χ0v) is 19.7. The molecule has 3 atom stereocenters. The molecule has 0 aromatic carbocycles. The Kier molecular flexibility index (Phi) is 5.79. The van der Waals surface area contributed by atoms with Gasteiger partial charge in [-0.25, -0.2) is 10.4 Å². The van der Waals surface area contributed by atoms with Gasteiger partial charge in [-0.3, -0.25) is 4.79 Å². The van der Waals surface area contributed by atoms with E-state index in [0.717, 1.165) is 51.0 Å². The lowest BCUT2D eigenvalue weighted by molar-refractivity contribution is -0.164. The van der Waals surface area contributed by atoms with Gasteiger partial charge in [0.2, 0.25) is 5.91 Å². The number of nitrogens with zero attached hydrogens (tertiary/aromatic N) is 4. The summed E-state index contributed by atoms with van der Waals surface area (Å²) in [6, 6.07) is 0.116. The number of aliphatic hydroxyl groups is 1. The second-order valence-corrected chi connectivity index (χ2v) is 10.1. The molecule has 7 nitrogen and oxygen atoms in total. The quantitative estimate of drug-likeness (QED) is 0.653. The van der Waals surface area contributed by atoms with Crippen molar-refractivity contribution in [2.75, 3.05) is 26.7 Å². The molecule has 1 amide bonds. The summed E-state index contributed by atoms with van der Waals surface area (Å²) in [5, 5.41) is 13.4. The minimum Gasteiger partial charge on any atom is -0.392 e. The van der Waals surface area contributed by atoms with Crippen molar-refractivity contribution in [2.45, 2.75) is 51.2 Å². The van der Waals surface area contributed by atoms with Crippen LogP contribution in [-0.4, -0.2) is 63.3 Å². The van der Waals surface area contributed by atoms with E-state index >= 15 is 0 Å². The van der Waals surface area contributed by atoms with Crippen molar-refractivity contribution in [1.82, 2.24) is 24.9 Å². The van der Waals surface area contributed by atoms with Gasteiger partial charge in [-0.15, -0.1) is 0 Å². The first-order valence-corrected chi connectivity index (χ1v) is 12.1. The molecule has 4 aliphatic rings. The van der Waals surface area contributed by atoms with Crippen molar-refractivity contribution in [3.63, 3.8) is 0 Å². The molecule has 1 aliphatic carbocycles. The smallest absolute Gasteiger partial charge is 0.222 e. The van der Waals surface area contributed by atoms with Gasteiger partial charge in [0.15, 0.2) is 0 Å². The van der Waals surface area contributed by atoms with Gasteiger partial charge in [0.25, 0.3) is 0 Å². The molecular weight excluding hydrogens is 414 g/mol. The monoisotopic (exact) mass is 449 g/mol. The van der Waals surface area contributed by atoms with Crippen LogP contribution in [0.1, 0.15) is 50.8 Å². The molecule has 1 saturated heterocycles. The van der Waals surface area contributed by atoms with Gasteiger partial charge in [-0.2, -0.15) is 0 Å². The van der Waals surface area contributed by atoms with E-state index < -0.39 is 0 Å². The second kappa shape index (κ2) is 8.61. The van der Waals surface area contributed by atoms with E-state index in [4.69, 9.17) is 0 Å². The van der Waals surface area contributed by atoms with Crippen molar-refractivity contribution in [2.24, 2.45) is 11.3 Å². The number of rotatable bonds is 6. The van der Waals surface area contributed by atoms with Crippen LogP contribution in [-0.2, 0) is 4.79 Å². The predicted molar refractivity (Wildman–Crippen MR) is 129 cm³/mol. The normalized spacial score (nSPS) is 28.5. The summed E-state index contributed by atoms with van der Waals surface area (Å²) in [4.78, 5) is 19.1. The number of hydrogen-bond acceptors (Lipinski definition) is 5. The summed E-state index contributed by atoms with van der Waals surface area (Å²) in [6.45, 7) is 8.28. The van der Waals surface area contributed by atoms with Crippen LogP contribution in [0.15, 0.2) is 54.7 Å². The summed E-state index contributed by atoms with van der Waals surface area (Å²) in [7, 11) is 1.98. The highest BCUT2D eigenvalue weighted by molar-refractivity contribution is 5.76. The van der Waals surface area contributed by atoms with Gasteiger partial charge < -0.3 is 19.6 Å². The van der Waals surface area contributed by atoms with Crippen LogP contribution in [0.3, 0.4) is 0 Å². The van der Waals surface area contributed by atoms with E-state index in [1.807, 2.05) is 35.6 Å². The van der Waals surface area contributed by atoms with Crippen LogP contribution in [0.2, 0.25) is 0 Å². The molecule has 2 N–H and O–H groups in total. The third-order valence-corrected chi connectivity index (χ3v) is 8.30. The van der Waals surface area contributed by atoms with Crippen LogP contribution in [0.5, 0.6) is 0 Å². The number of fused-ring (bicyclic) bond motifs is 1. The van der Waals surface area contributed by atoms with E-state index in [1.165, 1.54) is 16.7 Å². The maximum atomic E-state index is 12.8. The van der Waals surface area contributed by atoms with E-state index in [1.54, 1.807) is 6.08 Å². The minimum atomic E-state index is -0.363. The zero-order valence-electron chi connectivity index (χ0n) is 19.7. The van der Waals surface area contributed by atoms with Crippen LogP contribution in [0.25, 0.3) is 5.57 Å². The number of nitrogens with one attached hydrogen (secondary N) is 1. The first kappa shape index (κ1) is 22.2. The van der Waals surface area contributed by atoms with Gasteiger partial charge in [0.05, 0.1) is 30.4 Å². The van der Waals surface area contributed by atoms with Crippen LogP contribution >= 0.6 is 0 Å². The molecule has 3 unspecified atom stereocenters. The number of aliphatic hydroxyl groups excluding tert-OH is 1. The molecule has 33 heavy (non-hydrogen) atoms. The molecule has 1 spiro atoms. The lowest BCUT2D eigenvalue weighted by atomic mass is 9.53. The minimum absolute atomic E-state index is 0.0629. The SMILES string of the molecule is C=C/C=C\C1=C(C)c2cncn2C1C1CC2(CCN(C(=O)CCC3=CN(C)NC3)CC2)C1O. The van der Waals surface area contributed by atoms with E-state index in [9.17, 15) is 9.90 Å².